The summed E-state index contributed by atoms with van der Waals surface area (Å²) in [6, 6.07) is 11.5. The van der Waals surface area contributed by atoms with E-state index in [4.69, 9.17) is 16.3 Å². The highest BCUT2D eigenvalue weighted by atomic mass is 35.5. The number of hydrogen-bond acceptors (Lipinski definition) is 5. The lowest BCUT2D eigenvalue weighted by atomic mass is 9.72. The third-order valence-corrected chi connectivity index (χ3v) is 6.00. The van der Waals surface area contributed by atoms with Crippen molar-refractivity contribution in [2.75, 3.05) is 24.8 Å². The van der Waals surface area contributed by atoms with Gasteiger partial charge in [0.1, 0.15) is 5.54 Å². The van der Waals surface area contributed by atoms with Crippen LogP contribution in [-0.2, 0) is 16.0 Å². The van der Waals surface area contributed by atoms with Crippen LogP contribution < -0.4 is 16.0 Å². The summed E-state index contributed by atoms with van der Waals surface area (Å²) in [7, 11) is 2.99. The predicted octanol–water partition coefficient (Wildman–Crippen LogP) is 4.80. The number of fused-ring (bicyclic) bond motifs is 1. The normalized spacial score (nSPS) is 17.2. The molecule has 0 radical (unpaired) electrons. The van der Waals surface area contributed by atoms with Crippen LogP contribution in [-0.4, -0.2) is 31.6 Å². The number of carbonyl (C=O) groups is 2. The molecule has 31 heavy (non-hydrogen) atoms. The maximum Gasteiger partial charge on any atom is 0.340 e. The van der Waals surface area contributed by atoms with E-state index in [1.165, 1.54) is 7.11 Å². The van der Waals surface area contributed by atoms with Crippen LogP contribution in [0.25, 0.3) is 0 Å². The summed E-state index contributed by atoms with van der Waals surface area (Å²) in [6.45, 7) is 8.04. The fourth-order valence-corrected chi connectivity index (χ4v) is 4.48. The van der Waals surface area contributed by atoms with Crippen molar-refractivity contribution in [1.82, 2.24) is 5.32 Å². The molecule has 166 valence electrons. The Balaban J connectivity index is 2.00. The molecule has 0 fully saturated rings. The molecule has 1 unspecified atom stereocenters. The number of benzene rings is 2. The maximum absolute atomic E-state index is 12.4. The fourth-order valence-electron chi connectivity index (χ4n) is 4.24. The number of esters is 1. The first-order chi connectivity index (χ1) is 14.5. The quantitative estimate of drug-likeness (QED) is 0.578. The highest BCUT2D eigenvalue weighted by molar-refractivity contribution is 6.31. The van der Waals surface area contributed by atoms with Gasteiger partial charge in [-0.3, -0.25) is 4.79 Å². The molecule has 0 bridgehead atoms. The van der Waals surface area contributed by atoms with E-state index in [0.717, 1.165) is 28.9 Å². The lowest BCUT2D eigenvalue weighted by Gasteiger charge is -2.42. The van der Waals surface area contributed by atoms with Gasteiger partial charge in [-0.15, -0.1) is 0 Å². The molecule has 0 saturated carbocycles. The number of carbonyl (C=O) groups excluding carboxylic acids is 2. The molecule has 1 aliphatic heterocycles. The third kappa shape index (κ3) is 4.64. The molecule has 0 saturated heterocycles. The van der Waals surface area contributed by atoms with Crippen molar-refractivity contribution in [2.45, 2.75) is 45.7 Å². The summed E-state index contributed by atoms with van der Waals surface area (Å²) in [6.07, 6.45) is 0.742. The summed E-state index contributed by atoms with van der Waals surface area (Å²) in [5.41, 5.74) is 3.16. The molecule has 1 atom stereocenters. The van der Waals surface area contributed by atoms with Crippen LogP contribution in [0.1, 0.15) is 55.2 Å². The first-order valence-corrected chi connectivity index (χ1v) is 10.6. The van der Waals surface area contributed by atoms with E-state index in [9.17, 15) is 9.59 Å². The van der Waals surface area contributed by atoms with Crippen molar-refractivity contribution in [3.05, 3.63) is 58.1 Å². The van der Waals surface area contributed by atoms with E-state index >= 15 is 0 Å². The minimum atomic E-state index is -0.760. The second kappa shape index (κ2) is 8.42. The molecule has 3 rings (SSSR count). The fraction of sp³-hybridized carbons (Fsp3) is 0.417. The number of ether oxygens (including phenoxy) is 1. The zero-order valence-electron chi connectivity index (χ0n) is 18.9. The lowest BCUT2D eigenvalue weighted by molar-refractivity contribution is -0.123. The topological polar surface area (TPSA) is 79.5 Å². The van der Waals surface area contributed by atoms with Gasteiger partial charge in [0.25, 0.3) is 0 Å². The molecule has 1 heterocycles. The van der Waals surface area contributed by atoms with E-state index in [1.807, 2.05) is 38.1 Å². The number of halogens is 1. The molecule has 2 aromatic rings. The molecule has 7 heteroatoms. The Morgan fingerprint density at radius 1 is 1.23 bits per heavy atom. The first kappa shape index (κ1) is 22.9. The monoisotopic (exact) mass is 443 g/mol. The van der Waals surface area contributed by atoms with Gasteiger partial charge in [-0.1, -0.05) is 37.6 Å². The number of hydrogen-bond donors (Lipinski definition) is 3. The predicted molar refractivity (Wildman–Crippen MR) is 125 cm³/mol. The second-order valence-corrected chi connectivity index (χ2v) is 9.61. The number of nitrogens with one attached hydrogen (secondary N) is 3. The minimum Gasteiger partial charge on any atom is -0.465 e. The summed E-state index contributed by atoms with van der Waals surface area (Å²) in [4.78, 5) is 24.6. The number of rotatable bonds is 5. The zero-order chi connectivity index (χ0) is 23.0. The Morgan fingerprint density at radius 2 is 1.94 bits per heavy atom. The van der Waals surface area contributed by atoms with E-state index < -0.39 is 11.5 Å². The minimum absolute atomic E-state index is 0.0607. The maximum atomic E-state index is 12.4. The van der Waals surface area contributed by atoms with Crippen LogP contribution in [0.15, 0.2) is 36.4 Å². The molecule has 0 spiro atoms. The van der Waals surface area contributed by atoms with E-state index in [2.05, 4.69) is 35.9 Å². The number of amides is 1. The van der Waals surface area contributed by atoms with Crippen molar-refractivity contribution in [3.8, 4) is 0 Å². The average molecular weight is 444 g/mol. The Labute approximate surface area is 188 Å². The van der Waals surface area contributed by atoms with E-state index in [-0.39, 0.29) is 17.4 Å². The smallest absolute Gasteiger partial charge is 0.340 e. The van der Waals surface area contributed by atoms with Crippen LogP contribution in [0.5, 0.6) is 0 Å². The SMILES string of the molecule is CNC(=O)C(C)(C)Nc1cccc(C2Nc3c(cc(Cl)cc3C(=O)OC)CC2(C)C)c1. The molecule has 2 aromatic carbocycles. The molecular formula is C24H30ClN3O3. The summed E-state index contributed by atoms with van der Waals surface area (Å²) in [5, 5.41) is 10.1. The summed E-state index contributed by atoms with van der Waals surface area (Å²) in [5.74, 6) is -0.519. The Morgan fingerprint density at radius 3 is 2.58 bits per heavy atom. The summed E-state index contributed by atoms with van der Waals surface area (Å²) >= 11 is 6.27. The van der Waals surface area contributed by atoms with E-state index in [1.54, 1.807) is 13.1 Å². The van der Waals surface area contributed by atoms with Gasteiger partial charge >= 0.3 is 5.97 Å². The van der Waals surface area contributed by atoms with Gasteiger partial charge in [0.05, 0.1) is 24.4 Å². The standard InChI is InChI=1S/C24H30ClN3O3/c1-23(2)13-15-10-16(25)12-18(21(29)31-6)19(15)27-20(23)14-8-7-9-17(11-14)28-24(3,4)22(30)26-5/h7-12,20,27-28H,13H2,1-6H3,(H,26,30). The number of likely N-dealkylation sites (N-methyl/N-ethyl adjacent to an activating group) is 1. The van der Waals surface area contributed by atoms with Crippen LogP contribution in [0, 0.1) is 5.41 Å². The van der Waals surface area contributed by atoms with Crippen LogP contribution in [0.4, 0.5) is 11.4 Å². The van der Waals surface area contributed by atoms with Gasteiger partial charge < -0.3 is 20.7 Å². The molecule has 6 nitrogen and oxygen atoms in total. The highest BCUT2D eigenvalue weighted by Crippen LogP contribution is 2.47. The van der Waals surface area contributed by atoms with Gasteiger partial charge in [0.2, 0.25) is 5.91 Å². The van der Waals surface area contributed by atoms with Gasteiger partial charge in [0, 0.05) is 17.8 Å². The highest BCUT2D eigenvalue weighted by Gasteiger charge is 2.38. The molecule has 1 aliphatic rings. The largest absolute Gasteiger partial charge is 0.465 e. The van der Waals surface area contributed by atoms with Crippen LogP contribution in [0.3, 0.4) is 0 Å². The van der Waals surface area contributed by atoms with Gasteiger partial charge in [-0.25, -0.2) is 4.79 Å². The van der Waals surface area contributed by atoms with Crippen molar-refractivity contribution in [2.24, 2.45) is 5.41 Å². The van der Waals surface area contributed by atoms with Gasteiger partial charge in [0.15, 0.2) is 0 Å². The average Bonchev–Trinajstić information content (AvgIpc) is 2.70. The Bertz CT molecular complexity index is 1020. The third-order valence-electron chi connectivity index (χ3n) is 5.78. The zero-order valence-corrected chi connectivity index (χ0v) is 19.6. The van der Waals surface area contributed by atoms with Crippen molar-refractivity contribution >= 4 is 34.9 Å². The Hall–Kier alpha value is -2.73. The molecule has 0 aliphatic carbocycles. The molecular weight excluding hydrogens is 414 g/mol. The van der Waals surface area contributed by atoms with Crippen LogP contribution >= 0.6 is 11.6 Å². The van der Waals surface area contributed by atoms with Gasteiger partial charge in [-0.2, -0.15) is 0 Å². The Kier molecular flexibility index (Phi) is 6.23. The van der Waals surface area contributed by atoms with Crippen molar-refractivity contribution < 1.29 is 14.3 Å². The second-order valence-electron chi connectivity index (χ2n) is 9.18. The van der Waals surface area contributed by atoms with Crippen molar-refractivity contribution in [3.63, 3.8) is 0 Å². The molecule has 1 amide bonds. The number of methoxy groups -OCH3 is 1. The van der Waals surface area contributed by atoms with E-state index in [0.29, 0.717) is 10.6 Å². The lowest BCUT2D eigenvalue weighted by Crippen LogP contribution is -2.46. The molecule has 3 N–H and O–H groups in total. The van der Waals surface area contributed by atoms with Crippen molar-refractivity contribution in [1.29, 1.82) is 0 Å². The first-order valence-electron chi connectivity index (χ1n) is 10.3. The molecule has 0 aromatic heterocycles. The number of anilines is 2. The van der Waals surface area contributed by atoms with Gasteiger partial charge in [-0.05, 0) is 61.1 Å². The van der Waals surface area contributed by atoms with Crippen LogP contribution in [0.2, 0.25) is 5.02 Å². The summed E-state index contributed by atoms with van der Waals surface area (Å²) < 4.78 is 4.97.